The molecule has 0 radical (unpaired) electrons. The number of nitrogens with zero attached hydrogens (tertiary/aromatic N) is 3. The van der Waals surface area contributed by atoms with Gasteiger partial charge in [0.1, 0.15) is 22.0 Å². The molecule has 1 aliphatic rings. The second kappa shape index (κ2) is 6.15. The van der Waals surface area contributed by atoms with Crippen molar-refractivity contribution in [1.29, 1.82) is 0 Å². The third-order valence-corrected chi connectivity index (χ3v) is 7.13. The van der Waals surface area contributed by atoms with E-state index in [0.29, 0.717) is 4.21 Å². The van der Waals surface area contributed by atoms with Crippen LogP contribution in [0.25, 0.3) is 11.0 Å². The summed E-state index contributed by atoms with van der Waals surface area (Å²) in [7, 11) is -3.41. The van der Waals surface area contributed by atoms with Crippen molar-refractivity contribution < 1.29 is 8.42 Å². The highest BCUT2D eigenvalue weighted by molar-refractivity contribution is 7.91. The molecule has 24 heavy (non-hydrogen) atoms. The monoisotopic (exact) mass is 363 g/mol. The number of H-pyrrole nitrogens is 1. The Hall–Kier alpha value is -1.97. The minimum absolute atomic E-state index is 0.0445. The molecule has 9 heteroatoms. The molecule has 3 aromatic rings. The van der Waals surface area contributed by atoms with Gasteiger partial charge in [-0.25, -0.2) is 23.1 Å². The average molecular weight is 363 g/mol. The minimum Gasteiger partial charge on any atom is -0.356 e. The zero-order valence-corrected chi connectivity index (χ0v) is 14.5. The molecule has 2 N–H and O–H groups in total. The molecule has 0 aromatic carbocycles. The van der Waals surface area contributed by atoms with Crippen LogP contribution >= 0.6 is 11.3 Å². The van der Waals surface area contributed by atoms with Crippen LogP contribution in [0.1, 0.15) is 12.8 Å². The first kappa shape index (κ1) is 15.6. The van der Waals surface area contributed by atoms with Crippen LogP contribution < -0.4 is 9.62 Å². The molecule has 4 rings (SSSR count). The van der Waals surface area contributed by atoms with E-state index < -0.39 is 10.0 Å². The largest absolute Gasteiger partial charge is 0.356 e. The van der Waals surface area contributed by atoms with Crippen LogP contribution in [0.4, 0.5) is 5.82 Å². The first-order valence-corrected chi connectivity index (χ1v) is 10.1. The molecule has 0 saturated carbocycles. The number of nitrogens with one attached hydrogen (secondary N) is 2. The first-order chi connectivity index (χ1) is 11.6. The molecule has 0 amide bonds. The van der Waals surface area contributed by atoms with E-state index in [-0.39, 0.29) is 6.04 Å². The number of hydrogen-bond acceptors (Lipinski definition) is 6. The summed E-state index contributed by atoms with van der Waals surface area (Å²) in [4.78, 5) is 13.9. The molecule has 4 heterocycles. The number of rotatable bonds is 4. The second-order valence-electron chi connectivity index (χ2n) is 5.75. The Bertz CT molecular complexity index is 928. The summed E-state index contributed by atoms with van der Waals surface area (Å²) < 4.78 is 27.8. The maximum absolute atomic E-state index is 12.3. The smallest absolute Gasteiger partial charge is 0.250 e. The molecule has 0 bridgehead atoms. The molecule has 1 aliphatic heterocycles. The summed E-state index contributed by atoms with van der Waals surface area (Å²) in [5.74, 6) is 0.904. The standard InChI is InChI=1S/C15H17N5O2S2/c21-24(22,13-2-1-9-23-13)19-11-4-7-20(8-5-11)15-12-3-6-16-14(12)17-10-18-15/h1-3,6,9-11,19H,4-5,7-8H2,(H,16,17,18). The lowest BCUT2D eigenvalue weighted by Gasteiger charge is -2.33. The average Bonchev–Trinajstić information content (AvgIpc) is 3.27. The van der Waals surface area contributed by atoms with Crippen molar-refractivity contribution >= 4 is 38.2 Å². The van der Waals surface area contributed by atoms with Crippen molar-refractivity contribution in [2.45, 2.75) is 23.1 Å². The van der Waals surface area contributed by atoms with Crippen molar-refractivity contribution in [3.05, 3.63) is 36.1 Å². The predicted molar refractivity (Wildman–Crippen MR) is 93.8 cm³/mol. The van der Waals surface area contributed by atoms with Gasteiger partial charge in [-0.15, -0.1) is 11.3 Å². The lowest BCUT2D eigenvalue weighted by atomic mass is 10.1. The first-order valence-electron chi connectivity index (χ1n) is 7.72. The van der Waals surface area contributed by atoms with Crippen molar-refractivity contribution in [2.24, 2.45) is 0 Å². The fourth-order valence-corrected chi connectivity index (χ4v) is 5.33. The Morgan fingerprint density at radius 2 is 2.08 bits per heavy atom. The molecular weight excluding hydrogens is 346 g/mol. The minimum atomic E-state index is -3.41. The summed E-state index contributed by atoms with van der Waals surface area (Å²) in [5.41, 5.74) is 0.820. The maximum atomic E-state index is 12.3. The van der Waals surface area contributed by atoms with E-state index in [9.17, 15) is 8.42 Å². The fraction of sp³-hybridized carbons (Fsp3) is 0.333. The van der Waals surface area contributed by atoms with Crippen LogP contribution in [0.15, 0.2) is 40.3 Å². The van der Waals surface area contributed by atoms with Gasteiger partial charge in [-0.1, -0.05) is 6.07 Å². The third kappa shape index (κ3) is 2.90. The quantitative estimate of drug-likeness (QED) is 0.739. The van der Waals surface area contributed by atoms with E-state index in [1.54, 1.807) is 23.8 Å². The van der Waals surface area contributed by atoms with Crippen LogP contribution in [-0.4, -0.2) is 42.5 Å². The fourth-order valence-electron chi connectivity index (χ4n) is 3.01. The van der Waals surface area contributed by atoms with Gasteiger partial charge >= 0.3 is 0 Å². The van der Waals surface area contributed by atoms with Gasteiger partial charge in [0.2, 0.25) is 10.0 Å². The summed E-state index contributed by atoms with van der Waals surface area (Å²) in [6.45, 7) is 1.52. The highest BCUT2D eigenvalue weighted by atomic mass is 32.2. The van der Waals surface area contributed by atoms with Gasteiger partial charge in [0.15, 0.2) is 0 Å². The number of sulfonamides is 1. The number of hydrogen-bond donors (Lipinski definition) is 2. The molecule has 0 aliphatic carbocycles. The summed E-state index contributed by atoms with van der Waals surface area (Å²) in [6.07, 6.45) is 4.91. The van der Waals surface area contributed by atoms with E-state index in [1.807, 2.05) is 12.3 Å². The molecule has 7 nitrogen and oxygen atoms in total. The van der Waals surface area contributed by atoms with Gasteiger partial charge in [0, 0.05) is 25.3 Å². The topological polar surface area (TPSA) is 91.0 Å². The Morgan fingerprint density at radius 1 is 1.25 bits per heavy atom. The van der Waals surface area contributed by atoms with Crippen LogP contribution in [0.2, 0.25) is 0 Å². The van der Waals surface area contributed by atoms with Gasteiger partial charge in [0.25, 0.3) is 0 Å². The van der Waals surface area contributed by atoms with Gasteiger partial charge in [0.05, 0.1) is 5.39 Å². The zero-order chi connectivity index (χ0) is 16.6. The van der Waals surface area contributed by atoms with Crippen LogP contribution in [0.3, 0.4) is 0 Å². The highest BCUT2D eigenvalue weighted by Crippen LogP contribution is 2.25. The third-order valence-electron chi connectivity index (χ3n) is 4.21. The number of fused-ring (bicyclic) bond motifs is 1. The Labute approximate surface area is 143 Å². The molecule has 0 spiro atoms. The highest BCUT2D eigenvalue weighted by Gasteiger charge is 2.26. The number of aromatic amines is 1. The van der Waals surface area contributed by atoms with Gasteiger partial charge < -0.3 is 9.88 Å². The maximum Gasteiger partial charge on any atom is 0.250 e. The zero-order valence-electron chi connectivity index (χ0n) is 12.8. The molecular formula is C15H17N5O2S2. The number of aromatic nitrogens is 3. The SMILES string of the molecule is O=S(=O)(NC1CCN(c2ncnc3[nH]ccc23)CC1)c1cccs1. The molecule has 0 atom stereocenters. The van der Waals surface area contributed by atoms with E-state index in [4.69, 9.17) is 0 Å². The number of thiophene rings is 1. The predicted octanol–water partition coefficient (Wildman–Crippen LogP) is 1.97. The lowest BCUT2D eigenvalue weighted by molar-refractivity contribution is 0.459. The molecule has 3 aromatic heterocycles. The van der Waals surface area contributed by atoms with E-state index in [0.717, 1.165) is 42.8 Å². The Morgan fingerprint density at radius 3 is 2.83 bits per heavy atom. The van der Waals surface area contributed by atoms with Gasteiger partial charge in [-0.3, -0.25) is 0 Å². The van der Waals surface area contributed by atoms with Crippen molar-refractivity contribution in [1.82, 2.24) is 19.7 Å². The normalized spacial score (nSPS) is 16.8. The lowest BCUT2D eigenvalue weighted by Crippen LogP contribution is -2.44. The van der Waals surface area contributed by atoms with Crippen LogP contribution in [0, 0.1) is 0 Å². The molecule has 1 fully saturated rings. The van der Waals surface area contributed by atoms with Crippen LogP contribution in [0.5, 0.6) is 0 Å². The van der Waals surface area contributed by atoms with Crippen molar-refractivity contribution in [2.75, 3.05) is 18.0 Å². The van der Waals surface area contributed by atoms with Crippen molar-refractivity contribution in [3.63, 3.8) is 0 Å². The van der Waals surface area contributed by atoms with Crippen LogP contribution in [-0.2, 0) is 10.0 Å². The Balaban J connectivity index is 1.45. The molecule has 1 saturated heterocycles. The molecule has 0 unspecified atom stereocenters. The number of anilines is 1. The summed E-state index contributed by atoms with van der Waals surface area (Å²) >= 11 is 1.24. The summed E-state index contributed by atoms with van der Waals surface area (Å²) in [5, 5.41) is 2.77. The molecule has 126 valence electrons. The van der Waals surface area contributed by atoms with Gasteiger partial charge in [-0.2, -0.15) is 0 Å². The van der Waals surface area contributed by atoms with Crippen molar-refractivity contribution in [3.8, 4) is 0 Å². The Kier molecular flexibility index (Phi) is 3.99. The second-order valence-corrected chi connectivity index (χ2v) is 8.64. The van der Waals surface area contributed by atoms with E-state index >= 15 is 0 Å². The van der Waals surface area contributed by atoms with E-state index in [1.165, 1.54) is 11.3 Å². The summed E-state index contributed by atoms with van der Waals surface area (Å²) in [6, 6.07) is 5.30. The number of piperidine rings is 1. The van der Waals surface area contributed by atoms with E-state index in [2.05, 4.69) is 24.6 Å². The van der Waals surface area contributed by atoms with Gasteiger partial charge in [-0.05, 0) is 30.4 Å².